The van der Waals surface area contributed by atoms with Crippen molar-refractivity contribution in [3.05, 3.63) is 51.6 Å². The van der Waals surface area contributed by atoms with E-state index in [1.54, 1.807) is 24.3 Å². The fourth-order valence-electron chi connectivity index (χ4n) is 1.35. The topological polar surface area (TPSA) is 66.0 Å². The molecule has 20 heavy (non-hydrogen) atoms. The molecule has 0 aliphatic carbocycles. The summed E-state index contributed by atoms with van der Waals surface area (Å²) in [6.07, 6.45) is 1.41. The summed E-state index contributed by atoms with van der Waals surface area (Å²) >= 11 is 17.4. The van der Waals surface area contributed by atoms with Gasteiger partial charge < -0.3 is 5.32 Å². The lowest BCUT2D eigenvalue weighted by atomic mass is 10.3. The number of rotatable bonds is 3. The lowest BCUT2D eigenvalue weighted by Gasteiger charge is -2.10. The van der Waals surface area contributed by atoms with Crippen molar-refractivity contribution in [2.75, 3.05) is 10.7 Å². The Morgan fingerprint density at radius 1 is 1.10 bits per heavy atom. The average Bonchev–Trinajstić information content (AvgIpc) is 2.37. The van der Waals surface area contributed by atoms with Crippen molar-refractivity contribution in [2.24, 2.45) is 0 Å². The maximum atomic E-state index is 11.7. The van der Waals surface area contributed by atoms with Crippen LogP contribution >= 0.6 is 34.8 Å². The molecule has 2 aromatic rings. The van der Waals surface area contributed by atoms with Crippen LogP contribution in [0.25, 0.3) is 0 Å². The predicted octanol–water partition coefficient (Wildman–Crippen LogP) is 4.19. The SMILES string of the molecule is O=C(NNc1ncc(Cl)cc1Cl)Nc1cccc(Cl)c1. The van der Waals surface area contributed by atoms with Crippen molar-refractivity contribution >= 4 is 52.3 Å². The van der Waals surface area contributed by atoms with Gasteiger partial charge in [-0.05, 0) is 24.3 Å². The van der Waals surface area contributed by atoms with Crippen LogP contribution in [0.4, 0.5) is 16.3 Å². The second-order valence-electron chi connectivity index (χ2n) is 3.70. The fraction of sp³-hybridized carbons (Fsp3) is 0. The summed E-state index contributed by atoms with van der Waals surface area (Å²) in [5.74, 6) is 0.289. The molecule has 0 aliphatic rings. The van der Waals surface area contributed by atoms with Gasteiger partial charge in [0.05, 0.1) is 10.0 Å². The van der Waals surface area contributed by atoms with E-state index < -0.39 is 6.03 Å². The van der Waals surface area contributed by atoms with Crippen LogP contribution in [0, 0.1) is 0 Å². The smallest absolute Gasteiger partial charge is 0.307 e. The normalized spacial score (nSPS) is 9.95. The van der Waals surface area contributed by atoms with E-state index in [1.165, 1.54) is 12.3 Å². The molecule has 0 unspecified atom stereocenters. The van der Waals surface area contributed by atoms with Crippen LogP contribution in [0.2, 0.25) is 15.1 Å². The first-order chi connectivity index (χ1) is 9.54. The van der Waals surface area contributed by atoms with Crippen LogP contribution in [-0.4, -0.2) is 11.0 Å². The van der Waals surface area contributed by atoms with Crippen molar-refractivity contribution in [1.82, 2.24) is 10.4 Å². The molecule has 0 aliphatic heterocycles. The average molecular weight is 332 g/mol. The van der Waals surface area contributed by atoms with Crippen LogP contribution in [0.5, 0.6) is 0 Å². The number of carbonyl (C=O) groups is 1. The van der Waals surface area contributed by atoms with Gasteiger partial charge in [0.25, 0.3) is 0 Å². The highest BCUT2D eigenvalue weighted by Gasteiger charge is 2.05. The Kier molecular flexibility index (Phi) is 4.89. The van der Waals surface area contributed by atoms with Crippen LogP contribution in [0.15, 0.2) is 36.5 Å². The summed E-state index contributed by atoms with van der Waals surface area (Å²) in [7, 11) is 0. The van der Waals surface area contributed by atoms with Crippen molar-refractivity contribution < 1.29 is 4.79 Å². The van der Waals surface area contributed by atoms with E-state index in [0.29, 0.717) is 20.8 Å². The van der Waals surface area contributed by atoms with E-state index in [2.05, 4.69) is 21.2 Å². The molecule has 104 valence electrons. The highest BCUT2D eigenvalue weighted by molar-refractivity contribution is 6.36. The molecule has 0 bridgehead atoms. The molecule has 8 heteroatoms. The number of carbonyl (C=O) groups excluding carboxylic acids is 1. The number of benzene rings is 1. The van der Waals surface area contributed by atoms with Crippen LogP contribution in [0.1, 0.15) is 0 Å². The molecule has 3 N–H and O–H groups in total. The molecule has 0 atom stereocenters. The Morgan fingerprint density at radius 3 is 2.60 bits per heavy atom. The van der Waals surface area contributed by atoms with E-state index in [1.807, 2.05) is 0 Å². The minimum atomic E-state index is -0.486. The maximum absolute atomic E-state index is 11.7. The summed E-state index contributed by atoms with van der Waals surface area (Å²) in [4.78, 5) is 15.6. The molecule has 0 saturated carbocycles. The first kappa shape index (κ1) is 14.7. The zero-order chi connectivity index (χ0) is 14.5. The molecule has 5 nitrogen and oxygen atoms in total. The standard InChI is InChI=1S/C12H9Cl3N4O/c13-7-2-1-3-9(4-7)17-12(20)19-18-11-10(15)5-8(14)6-16-11/h1-6H,(H,16,18)(H2,17,19,20). The minimum Gasteiger partial charge on any atom is -0.307 e. The molecule has 0 spiro atoms. The van der Waals surface area contributed by atoms with Crippen molar-refractivity contribution in [3.8, 4) is 0 Å². The van der Waals surface area contributed by atoms with E-state index in [9.17, 15) is 4.79 Å². The van der Waals surface area contributed by atoms with Gasteiger partial charge in [-0.2, -0.15) is 0 Å². The number of aromatic nitrogens is 1. The van der Waals surface area contributed by atoms with Gasteiger partial charge in [0.15, 0.2) is 5.82 Å². The molecule has 1 heterocycles. The van der Waals surface area contributed by atoms with Gasteiger partial charge in [-0.1, -0.05) is 40.9 Å². The molecule has 2 rings (SSSR count). The number of urea groups is 1. The second-order valence-corrected chi connectivity index (χ2v) is 4.98. The Morgan fingerprint density at radius 2 is 1.90 bits per heavy atom. The van der Waals surface area contributed by atoms with Gasteiger partial charge in [0.1, 0.15) is 0 Å². The third kappa shape index (κ3) is 4.16. The molecule has 2 amide bonds. The van der Waals surface area contributed by atoms with Crippen molar-refractivity contribution in [1.29, 1.82) is 0 Å². The molecular formula is C12H9Cl3N4O. The first-order valence-corrected chi connectivity index (χ1v) is 6.57. The largest absolute Gasteiger partial charge is 0.337 e. The van der Waals surface area contributed by atoms with E-state index >= 15 is 0 Å². The summed E-state index contributed by atoms with van der Waals surface area (Å²) in [6, 6.07) is 7.78. The molecule has 1 aromatic heterocycles. The minimum absolute atomic E-state index is 0.289. The number of hydrazine groups is 1. The van der Waals surface area contributed by atoms with Crippen LogP contribution in [-0.2, 0) is 0 Å². The predicted molar refractivity (Wildman–Crippen MR) is 81.5 cm³/mol. The zero-order valence-electron chi connectivity index (χ0n) is 9.95. The highest BCUT2D eigenvalue weighted by atomic mass is 35.5. The van der Waals surface area contributed by atoms with Crippen LogP contribution < -0.4 is 16.2 Å². The number of hydrogen-bond acceptors (Lipinski definition) is 3. The lowest BCUT2D eigenvalue weighted by Crippen LogP contribution is -2.34. The third-order valence-corrected chi connectivity index (χ3v) is 2.91. The Hall–Kier alpha value is -1.69. The molecule has 1 aromatic carbocycles. The van der Waals surface area contributed by atoms with E-state index in [4.69, 9.17) is 34.8 Å². The maximum Gasteiger partial charge on any atom is 0.337 e. The first-order valence-electron chi connectivity index (χ1n) is 5.44. The summed E-state index contributed by atoms with van der Waals surface area (Å²) in [5.41, 5.74) is 5.53. The Balaban J connectivity index is 1.92. The third-order valence-electron chi connectivity index (χ3n) is 2.18. The van der Waals surface area contributed by atoms with E-state index in [-0.39, 0.29) is 5.82 Å². The second kappa shape index (κ2) is 6.65. The summed E-state index contributed by atoms with van der Waals surface area (Å²) < 4.78 is 0. The highest BCUT2D eigenvalue weighted by Crippen LogP contribution is 2.21. The number of nitrogens with zero attached hydrogens (tertiary/aromatic N) is 1. The van der Waals surface area contributed by atoms with Crippen molar-refractivity contribution in [3.63, 3.8) is 0 Å². The zero-order valence-corrected chi connectivity index (χ0v) is 12.2. The monoisotopic (exact) mass is 330 g/mol. The van der Waals surface area contributed by atoms with Crippen molar-refractivity contribution in [2.45, 2.75) is 0 Å². The Bertz CT molecular complexity index is 636. The van der Waals surface area contributed by atoms with Gasteiger partial charge in [-0.15, -0.1) is 0 Å². The number of amides is 2. The van der Waals surface area contributed by atoms with Crippen LogP contribution in [0.3, 0.4) is 0 Å². The molecular weight excluding hydrogens is 323 g/mol. The number of hydrogen-bond donors (Lipinski definition) is 3. The summed E-state index contributed by atoms with van der Waals surface area (Å²) in [6.45, 7) is 0. The molecule has 0 saturated heterocycles. The fourth-order valence-corrected chi connectivity index (χ4v) is 1.97. The number of pyridine rings is 1. The number of anilines is 2. The summed E-state index contributed by atoms with van der Waals surface area (Å²) in [5, 5.41) is 3.81. The molecule has 0 fully saturated rings. The number of halogens is 3. The lowest BCUT2D eigenvalue weighted by molar-refractivity contribution is 0.254. The molecule has 0 radical (unpaired) electrons. The quantitative estimate of drug-likeness (QED) is 0.739. The van der Waals surface area contributed by atoms with Gasteiger partial charge in [0, 0.05) is 16.9 Å². The van der Waals surface area contributed by atoms with Gasteiger partial charge in [-0.25, -0.2) is 15.2 Å². The van der Waals surface area contributed by atoms with Gasteiger partial charge in [0.2, 0.25) is 0 Å². The Labute approximate surface area is 130 Å². The van der Waals surface area contributed by atoms with E-state index in [0.717, 1.165) is 0 Å². The van der Waals surface area contributed by atoms with Gasteiger partial charge in [-0.3, -0.25) is 5.43 Å². The number of nitrogens with one attached hydrogen (secondary N) is 3. The van der Waals surface area contributed by atoms with Gasteiger partial charge >= 0.3 is 6.03 Å².